The van der Waals surface area contributed by atoms with E-state index in [2.05, 4.69) is 25.2 Å². The Kier molecular flexibility index (Phi) is 10.5. The van der Waals surface area contributed by atoms with Gasteiger partial charge in [-0.15, -0.1) is 0 Å². The molecule has 1 aliphatic heterocycles. The van der Waals surface area contributed by atoms with Gasteiger partial charge in [0.1, 0.15) is 6.04 Å². The van der Waals surface area contributed by atoms with Crippen LogP contribution < -0.4 is 24.7 Å². The maximum absolute atomic E-state index is 12.6. The first kappa shape index (κ1) is 28.6. The van der Waals surface area contributed by atoms with Gasteiger partial charge in [0.2, 0.25) is 0 Å². The molecule has 1 aliphatic rings. The summed E-state index contributed by atoms with van der Waals surface area (Å²) in [6, 6.07) is 10.4. The Balaban J connectivity index is 1.87. The molecule has 8 heteroatoms. The third kappa shape index (κ3) is 7.08. The number of nitrogens with zero attached hydrogens (tertiary/aromatic N) is 1. The molecule has 1 heterocycles. The van der Waals surface area contributed by atoms with E-state index in [0.717, 1.165) is 54.4 Å². The number of hydrogen-bond acceptors (Lipinski definition) is 7. The highest BCUT2D eigenvalue weighted by Gasteiger charge is 2.40. The van der Waals surface area contributed by atoms with E-state index in [-0.39, 0.29) is 12.0 Å². The van der Waals surface area contributed by atoms with Crippen LogP contribution in [0.3, 0.4) is 0 Å². The summed E-state index contributed by atoms with van der Waals surface area (Å²) in [5, 5.41) is 0. The standard InChI is InChI=1S/C29H43N2O6/c1-31(15-12-29(32)37-16-8-6-7-13-30)14-11-22-19-27(35-4)28(36-5)20-23(22)24(31)17-21-9-10-25(33-2)26(18-21)34-3/h9-10,18-20,24H,6-8,11-17,30H2,1-5H3/q+1. The molecule has 0 radical (unpaired) electrons. The van der Waals surface area contributed by atoms with E-state index >= 15 is 0 Å². The second-order valence-electron chi connectivity index (χ2n) is 9.81. The first-order valence-electron chi connectivity index (χ1n) is 13.0. The van der Waals surface area contributed by atoms with Crippen molar-refractivity contribution in [3.63, 3.8) is 0 Å². The highest BCUT2D eigenvalue weighted by Crippen LogP contribution is 2.43. The molecule has 0 spiro atoms. The molecule has 2 aromatic rings. The van der Waals surface area contributed by atoms with Gasteiger partial charge < -0.3 is 33.9 Å². The molecule has 3 rings (SSSR count). The van der Waals surface area contributed by atoms with Crippen LogP contribution in [-0.2, 0) is 22.4 Å². The summed E-state index contributed by atoms with van der Waals surface area (Å²) in [5.74, 6) is 2.71. The molecule has 37 heavy (non-hydrogen) atoms. The summed E-state index contributed by atoms with van der Waals surface area (Å²) in [5.41, 5.74) is 9.15. The van der Waals surface area contributed by atoms with Crippen LogP contribution in [0.25, 0.3) is 0 Å². The number of unbranched alkanes of at least 4 members (excludes halogenated alkanes) is 2. The Bertz CT molecular complexity index is 1040. The monoisotopic (exact) mass is 515 g/mol. The molecule has 2 unspecified atom stereocenters. The van der Waals surface area contributed by atoms with Crippen LogP contribution in [-0.4, -0.2) is 72.2 Å². The SMILES string of the molecule is COc1ccc(CC2c3cc(OC)c(OC)cc3CC[N+]2(C)CCC(=O)OCCCCCN)cc1OC. The van der Waals surface area contributed by atoms with Gasteiger partial charge in [-0.2, -0.15) is 0 Å². The number of likely N-dealkylation sites (N-methyl/N-ethyl adjacent to an activating group) is 1. The number of fused-ring (bicyclic) bond motifs is 1. The van der Waals surface area contributed by atoms with Gasteiger partial charge in [-0.1, -0.05) is 6.07 Å². The number of ether oxygens (including phenoxy) is 5. The van der Waals surface area contributed by atoms with Crippen molar-refractivity contribution >= 4 is 5.97 Å². The first-order valence-corrected chi connectivity index (χ1v) is 13.0. The number of rotatable bonds is 14. The van der Waals surface area contributed by atoms with E-state index in [1.807, 2.05) is 12.1 Å². The zero-order valence-electron chi connectivity index (χ0n) is 23.0. The summed E-state index contributed by atoms with van der Waals surface area (Å²) in [6.07, 6.45) is 4.83. The Morgan fingerprint density at radius 3 is 2.27 bits per heavy atom. The molecule has 8 nitrogen and oxygen atoms in total. The van der Waals surface area contributed by atoms with E-state index in [4.69, 9.17) is 29.4 Å². The van der Waals surface area contributed by atoms with Crippen LogP contribution >= 0.6 is 0 Å². The summed E-state index contributed by atoms with van der Waals surface area (Å²) in [4.78, 5) is 12.6. The van der Waals surface area contributed by atoms with Gasteiger partial charge in [-0.3, -0.25) is 4.79 Å². The summed E-state index contributed by atoms with van der Waals surface area (Å²) in [7, 11) is 8.85. The zero-order chi connectivity index (χ0) is 26.8. The second kappa shape index (κ2) is 13.5. The average molecular weight is 516 g/mol. The van der Waals surface area contributed by atoms with Gasteiger partial charge >= 0.3 is 5.97 Å². The Labute approximate surface area is 221 Å². The van der Waals surface area contributed by atoms with Gasteiger partial charge in [-0.05, 0) is 61.2 Å². The second-order valence-corrected chi connectivity index (χ2v) is 9.81. The van der Waals surface area contributed by atoms with E-state index in [0.29, 0.717) is 43.4 Å². The van der Waals surface area contributed by atoms with E-state index in [9.17, 15) is 4.79 Å². The average Bonchev–Trinajstić information content (AvgIpc) is 2.92. The number of carbonyl (C=O) groups excluding carboxylic acids is 1. The van der Waals surface area contributed by atoms with Gasteiger partial charge in [0.25, 0.3) is 0 Å². The molecule has 0 aliphatic carbocycles. The maximum atomic E-state index is 12.6. The third-order valence-corrected chi connectivity index (χ3v) is 7.46. The zero-order valence-corrected chi connectivity index (χ0v) is 23.0. The molecule has 0 aromatic heterocycles. The third-order valence-electron chi connectivity index (χ3n) is 7.46. The number of hydrogen-bond donors (Lipinski definition) is 1. The predicted molar refractivity (Wildman–Crippen MR) is 144 cm³/mol. The quantitative estimate of drug-likeness (QED) is 0.230. The van der Waals surface area contributed by atoms with Crippen LogP contribution in [0.4, 0.5) is 0 Å². The van der Waals surface area contributed by atoms with Crippen LogP contribution in [0.1, 0.15) is 48.4 Å². The molecular formula is C29H43N2O6+. The lowest BCUT2D eigenvalue weighted by Gasteiger charge is -2.46. The van der Waals surface area contributed by atoms with Crippen LogP contribution in [0, 0.1) is 0 Å². The summed E-state index contributed by atoms with van der Waals surface area (Å²) in [6.45, 7) is 2.72. The lowest BCUT2D eigenvalue weighted by Crippen LogP contribution is -2.53. The van der Waals surface area contributed by atoms with Crippen molar-refractivity contribution in [3.05, 3.63) is 47.0 Å². The van der Waals surface area contributed by atoms with Crippen molar-refractivity contribution in [1.82, 2.24) is 0 Å². The molecule has 0 amide bonds. The van der Waals surface area contributed by atoms with Crippen molar-refractivity contribution in [2.24, 2.45) is 5.73 Å². The van der Waals surface area contributed by atoms with Crippen molar-refractivity contribution in [3.8, 4) is 23.0 Å². The maximum Gasteiger partial charge on any atom is 0.311 e. The number of carbonyl (C=O) groups is 1. The molecule has 0 saturated carbocycles. The number of esters is 1. The fraction of sp³-hybridized carbons (Fsp3) is 0.552. The van der Waals surface area contributed by atoms with Crippen molar-refractivity contribution in [1.29, 1.82) is 0 Å². The Morgan fingerprint density at radius 1 is 0.919 bits per heavy atom. The Hall–Kier alpha value is -2.97. The number of methoxy groups -OCH3 is 4. The van der Waals surface area contributed by atoms with Crippen LogP contribution in [0.15, 0.2) is 30.3 Å². The van der Waals surface area contributed by atoms with Crippen molar-refractivity contribution in [2.45, 2.75) is 44.6 Å². The van der Waals surface area contributed by atoms with Gasteiger partial charge in [0.05, 0.1) is 61.6 Å². The fourth-order valence-corrected chi connectivity index (χ4v) is 5.19. The minimum Gasteiger partial charge on any atom is -0.493 e. The van der Waals surface area contributed by atoms with E-state index in [1.54, 1.807) is 28.4 Å². The number of benzene rings is 2. The van der Waals surface area contributed by atoms with Crippen LogP contribution in [0.2, 0.25) is 0 Å². The largest absolute Gasteiger partial charge is 0.493 e. The van der Waals surface area contributed by atoms with E-state index < -0.39 is 0 Å². The predicted octanol–water partition coefficient (Wildman–Crippen LogP) is 4.07. The number of quaternary nitrogens is 1. The smallest absolute Gasteiger partial charge is 0.311 e. The van der Waals surface area contributed by atoms with E-state index in [1.165, 1.54) is 11.1 Å². The van der Waals surface area contributed by atoms with Crippen LogP contribution in [0.5, 0.6) is 23.0 Å². The molecule has 0 saturated heterocycles. The normalized spacial score (nSPS) is 18.6. The molecule has 2 aromatic carbocycles. The highest BCUT2D eigenvalue weighted by molar-refractivity contribution is 5.69. The topological polar surface area (TPSA) is 89.2 Å². The molecule has 0 bridgehead atoms. The summed E-state index contributed by atoms with van der Waals surface area (Å²) >= 11 is 0. The van der Waals surface area contributed by atoms with Gasteiger partial charge in [-0.25, -0.2) is 0 Å². The summed E-state index contributed by atoms with van der Waals surface area (Å²) < 4.78 is 28.5. The number of nitrogens with two attached hydrogens (primary N) is 1. The minimum atomic E-state index is -0.143. The minimum absolute atomic E-state index is 0.110. The Morgan fingerprint density at radius 2 is 1.59 bits per heavy atom. The highest BCUT2D eigenvalue weighted by atomic mass is 16.5. The first-order chi connectivity index (χ1) is 17.9. The molecule has 2 atom stereocenters. The van der Waals surface area contributed by atoms with Crippen molar-refractivity contribution in [2.75, 3.05) is 61.7 Å². The molecule has 204 valence electrons. The fourth-order valence-electron chi connectivity index (χ4n) is 5.19. The molecule has 2 N–H and O–H groups in total. The molecular weight excluding hydrogens is 472 g/mol. The van der Waals surface area contributed by atoms with Crippen molar-refractivity contribution < 1.29 is 33.0 Å². The lowest BCUT2D eigenvalue weighted by molar-refractivity contribution is -0.940. The molecule has 0 fully saturated rings. The van der Waals surface area contributed by atoms with Gasteiger partial charge in [0.15, 0.2) is 23.0 Å². The lowest BCUT2D eigenvalue weighted by atomic mass is 9.86. The van der Waals surface area contributed by atoms with Gasteiger partial charge in [0, 0.05) is 18.4 Å².